The van der Waals surface area contributed by atoms with Crippen LogP contribution in [-0.2, 0) is 22.4 Å². The lowest BCUT2D eigenvalue weighted by atomic mass is 9.77. The highest BCUT2D eigenvalue weighted by Gasteiger charge is 2.41. The van der Waals surface area contributed by atoms with Gasteiger partial charge in [0.15, 0.2) is 12.2 Å². The number of fused-ring (bicyclic) bond motifs is 1. The molecule has 2 aromatic carbocycles. The van der Waals surface area contributed by atoms with Crippen LogP contribution in [0.25, 0.3) is 0 Å². The Hall–Kier alpha value is -2.88. The first-order valence-electron chi connectivity index (χ1n) is 14.3. The van der Waals surface area contributed by atoms with Crippen molar-refractivity contribution < 1.29 is 24.5 Å². The van der Waals surface area contributed by atoms with Gasteiger partial charge in [-0.2, -0.15) is 0 Å². The summed E-state index contributed by atoms with van der Waals surface area (Å²) in [4.78, 5) is 32.8. The number of thioether (sulfide) groups is 1. The molecule has 0 saturated heterocycles. The molecule has 214 valence electrons. The minimum Gasteiger partial charge on any atom is -0.496 e. The fourth-order valence-electron chi connectivity index (χ4n) is 6.32. The van der Waals surface area contributed by atoms with Gasteiger partial charge in [0.1, 0.15) is 5.75 Å². The molecule has 4 atom stereocenters. The number of carbonyl (C=O) groups is 2. The van der Waals surface area contributed by atoms with Crippen LogP contribution in [0.3, 0.4) is 0 Å². The van der Waals surface area contributed by atoms with Crippen LogP contribution in [0.4, 0.5) is 0 Å². The van der Waals surface area contributed by atoms with E-state index in [4.69, 9.17) is 9.73 Å². The maximum absolute atomic E-state index is 13.5. The third-order valence-electron chi connectivity index (χ3n) is 8.36. The van der Waals surface area contributed by atoms with Crippen LogP contribution in [0, 0.1) is 5.92 Å². The van der Waals surface area contributed by atoms with Crippen molar-refractivity contribution >= 4 is 28.6 Å². The van der Waals surface area contributed by atoms with Gasteiger partial charge in [-0.15, -0.1) is 11.8 Å². The van der Waals surface area contributed by atoms with E-state index < -0.39 is 24.0 Å². The van der Waals surface area contributed by atoms with Gasteiger partial charge < -0.3 is 25.2 Å². The molecule has 2 unspecified atom stereocenters. The number of methoxy groups -OCH3 is 1. The summed E-state index contributed by atoms with van der Waals surface area (Å²) in [6.07, 6.45) is 3.24. The smallest absolute Gasteiger partial charge is 0.255 e. The molecule has 40 heavy (non-hydrogen) atoms. The lowest BCUT2D eigenvalue weighted by Gasteiger charge is -2.44. The quantitative estimate of drug-likeness (QED) is 0.430. The first-order valence-corrected chi connectivity index (χ1v) is 15.3. The third kappa shape index (κ3) is 6.37. The van der Waals surface area contributed by atoms with Crippen molar-refractivity contribution in [2.45, 2.75) is 69.2 Å². The van der Waals surface area contributed by atoms with E-state index in [1.165, 1.54) is 12.0 Å². The molecule has 1 aliphatic carbocycles. The summed E-state index contributed by atoms with van der Waals surface area (Å²) in [7, 11) is 1.65. The highest BCUT2D eigenvalue weighted by atomic mass is 32.2. The van der Waals surface area contributed by atoms with E-state index in [0.29, 0.717) is 18.9 Å². The Morgan fingerprint density at radius 2 is 1.82 bits per heavy atom. The number of rotatable bonds is 9. The highest BCUT2D eigenvalue weighted by Crippen LogP contribution is 2.42. The first-order chi connectivity index (χ1) is 19.5. The summed E-state index contributed by atoms with van der Waals surface area (Å²) in [6.45, 7) is 0.606. The van der Waals surface area contributed by atoms with Gasteiger partial charge in [-0.3, -0.25) is 14.6 Å². The molecule has 0 aromatic heterocycles. The number of benzene rings is 2. The molecule has 1 saturated carbocycles. The van der Waals surface area contributed by atoms with E-state index >= 15 is 0 Å². The minimum absolute atomic E-state index is 0.0593. The highest BCUT2D eigenvalue weighted by molar-refractivity contribution is 8.14. The second-order valence-corrected chi connectivity index (χ2v) is 12.0. The van der Waals surface area contributed by atoms with Crippen molar-refractivity contribution in [3.05, 3.63) is 65.2 Å². The van der Waals surface area contributed by atoms with E-state index in [1.807, 2.05) is 36.4 Å². The van der Waals surface area contributed by atoms with Crippen molar-refractivity contribution in [3.63, 3.8) is 0 Å². The van der Waals surface area contributed by atoms with Crippen molar-refractivity contribution in [3.8, 4) is 5.75 Å². The van der Waals surface area contributed by atoms with E-state index in [2.05, 4.69) is 17.4 Å². The van der Waals surface area contributed by atoms with E-state index in [-0.39, 0.29) is 18.6 Å². The minimum atomic E-state index is -1.85. The molecule has 3 aliphatic rings. The number of aliphatic hydroxyl groups excluding tert-OH is 2. The Labute approximate surface area is 240 Å². The predicted octanol–water partition coefficient (Wildman–Crippen LogP) is 3.30. The van der Waals surface area contributed by atoms with Crippen LogP contribution in [0.5, 0.6) is 5.75 Å². The Morgan fingerprint density at radius 1 is 1.07 bits per heavy atom. The molecule has 9 heteroatoms. The SMILES string of the molecule is COc1ccccc1CC1CSC(CNC(=O)[C@H](O)[C@@H](O)C(=O)N2CCc3ccccc3C2C2CCCCC2)=N1. The van der Waals surface area contributed by atoms with Crippen LogP contribution in [0.15, 0.2) is 53.5 Å². The number of nitrogens with zero attached hydrogens (tertiary/aromatic N) is 2. The average molecular weight is 566 g/mol. The fourth-order valence-corrected chi connectivity index (χ4v) is 7.29. The number of carbonyl (C=O) groups excluding carboxylic acids is 2. The number of ether oxygens (including phenoxy) is 1. The van der Waals surface area contributed by atoms with Crippen LogP contribution in [-0.4, -0.2) is 76.2 Å². The molecule has 2 aliphatic heterocycles. The number of para-hydroxylation sites is 1. The number of hydrogen-bond donors (Lipinski definition) is 3. The number of amides is 2. The zero-order valence-corrected chi connectivity index (χ0v) is 23.8. The Bertz CT molecular complexity index is 1230. The Morgan fingerprint density at radius 3 is 2.62 bits per heavy atom. The van der Waals surface area contributed by atoms with Crippen LogP contribution in [0.2, 0.25) is 0 Å². The molecule has 1 fully saturated rings. The molecule has 2 amide bonds. The van der Waals surface area contributed by atoms with Crippen molar-refractivity contribution in [2.75, 3.05) is 26.0 Å². The Balaban J connectivity index is 1.19. The van der Waals surface area contributed by atoms with Crippen molar-refractivity contribution in [1.82, 2.24) is 10.2 Å². The molecule has 8 nitrogen and oxygen atoms in total. The lowest BCUT2D eigenvalue weighted by molar-refractivity contribution is -0.156. The van der Waals surface area contributed by atoms with E-state index in [1.54, 1.807) is 23.8 Å². The summed E-state index contributed by atoms with van der Waals surface area (Å²) in [5.41, 5.74) is 3.43. The van der Waals surface area contributed by atoms with Crippen molar-refractivity contribution in [1.29, 1.82) is 0 Å². The molecule has 5 rings (SSSR count). The van der Waals surface area contributed by atoms with Gasteiger partial charge in [-0.1, -0.05) is 61.7 Å². The molecule has 3 N–H and O–H groups in total. The van der Waals surface area contributed by atoms with Gasteiger partial charge in [0, 0.05) is 12.3 Å². The molecule has 2 heterocycles. The summed E-state index contributed by atoms with van der Waals surface area (Å²) in [5, 5.41) is 25.0. The summed E-state index contributed by atoms with van der Waals surface area (Å²) in [6, 6.07) is 16.0. The third-order valence-corrected chi connectivity index (χ3v) is 9.50. The van der Waals surface area contributed by atoms with Gasteiger partial charge in [-0.25, -0.2) is 0 Å². The topological polar surface area (TPSA) is 111 Å². The van der Waals surface area contributed by atoms with Gasteiger partial charge in [0.2, 0.25) is 0 Å². The number of aliphatic hydroxyl groups is 2. The molecule has 0 bridgehead atoms. The normalized spacial score (nSPS) is 22.7. The van der Waals surface area contributed by atoms with Gasteiger partial charge in [0.05, 0.1) is 30.8 Å². The zero-order valence-electron chi connectivity index (χ0n) is 23.0. The monoisotopic (exact) mass is 565 g/mol. The Kier molecular flexibility index (Phi) is 9.44. The van der Waals surface area contributed by atoms with E-state index in [0.717, 1.165) is 59.8 Å². The molecule has 0 spiro atoms. The fraction of sp³-hybridized carbons (Fsp3) is 0.516. The zero-order chi connectivity index (χ0) is 28.1. The predicted molar refractivity (Wildman–Crippen MR) is 157 cm³/mol. The van der Waals surface area contributed by atoms with Crippen molar-refractivity contribution in [2.24, 2.45) is 10.9 Å². The molecular formula is C31H39N3O5S. The molecule has 2 aromatic rings. The maximum atomic E-state index is 13.5. The van der Waals surface area contributed by atoms with E-state index in [9.17, 15) is 19.8 Å². The standard InChI is InChI=1S/C31H39N3O5S/c1-39-25-14-8-6-12-22(25)17-23-19-40-26(33-23)18-32-30(37)28(35)29(36)31(38)34-16-15-20-9-5-7-13-24(20)27(34)21-10-3-2-4-11-21/h5-9,12-14,21,23,27-29,35-36H,2-4,10-11,15-19H2,1H3,(H,32,37)/t23?,27?,28-,29-/m1/s1. The maximum Gasteiger partial charge on any atom is 0.255 e. The van der Waals surface area contributed by atoms with Gasteiger partial charge in [-0.05, 0) is 54.4 Å². The van der Waals surface area contributed by atoms with Crippen LogP contribution in [0.1, 0.15) is 54.8 Å². The average Bonchev–Trinajstić information content (AvgIpc) is 3.46. The number of aliphatic imine (C=N–C) groups is 1. The molecular weight excluding hydrogens is 526 g/mol. The van der Waals surface area contributed by atoms with Gasteiger partial charge >= 0.3 is 0 Å². The molecule has 0 radical (unpaired) electrons. The van der Waals surface area contributed by atoms with Crippen LogP contribution < -0.4 is 10.1 Å². The summed E-state index contributed by atoms with van der Waals surface area (Å²) < 4.78 is 5.44. The second kappa shape index (κ2) is 13.2. The largest absolute Gasteiger partial charge is 0.496 e. The van der Waals surface area contributed by atoms with Gasteiger partial charge in [0.25, 0.3) is 11.8 Å². The lowest BCUT2D eigenvalue weighted by Crippen LogP contribution is -2.54. The first kappa shape index (κ1) is 28.6. The number of nitrogens with one attached hydrogen (secondary N) is 1. The summed E-state index contributed by atoms with van der Waals surface area (Å²) >= 11 is 1.56. The second-order valence-electron chi connectivity index (χ2n) is 10.9. The number of hydrogen-bond acceptors (Lipinski definition) is 7. The summed E-state index contributed by atoms with van der Waals surface area (Å²) in [5.74, 6) is 0.556. The van der Waals surface area contributed by atoms with Crippen LogP contribution >= 0.6 is 11.8 Å².